The van der Waals surface area contributed by atoms with Crippen LogP contribution in [0.1, 0.15) is 47.9 Å². The van der Waals surface area contributed by atoms with E-state index in [9.17, 15) is 4.79 Å². The molecule has 23 heavy (non-hydrogen) atoms. The fourth-order valence-corrected chi connectivity index (χ4v) is 3.02. The summed E-state index contributed by atoms with van der Waals surface area (Å²) >= 11 is 0. The molecule has 0 saturated heterocycles. The maximum absolute atomic E-state index is 12.5. The van der Waals surface area contributed by atoms with Crippen LogP contribution in [0.25, 0.3) is 0 Å². The smallest absolute Gasteiger partial charge is 0.253 e. The predicted octanol–water partition coefficient (Wildman–Crippen LogP) is 3.36. The number of aromatic nitrogens is 1. The molecule has 1 aromatic carbocycles. The highest BCUT2D eigenvalue weighted by atomic mass is 16.5. The van der Waals surface area contributed by atoms with Crippen LogP contribution in [0.4, 0.5) is 0 Å². The summed E-state index contributed by atoms with van der Waals surface area (Å²) in [7, 11) is 1.63. The first-order chi connectivity index (χ1) is 10.9. The number of methoxy groups -OCH3 is 1. The van der Waals surface area contributed by atoms with Gasteiger partial charge in [-0.2, -0.15) is 0 Å². The molecule has 0 fully saturated rings. The van der Waals surface area contributed by atoms with Gasteiger partial charge in [0.15, 0.2) is 0 Å². The molecule has 0 radical (unpaired) electrons. The second kappa shape index (κ2) is 5.65. The third-order valence-electron chi connectivity index (χ3n) is 4.18. The highest BCUT2D eigenvalue weighted by molar-refractivity contribution is 5.95. The SMILES string of the molecule is COc1ccc2c(c1)OC(C)(C)C[C@@H]2NC(=O)c1cc[nH]c1C. The lowest BCUT2D eigenvalue weighted by molar-refractivity contribution is 0.0617. The number of rotatable bonds is 3. The molecule has 5 nitrogen and oxygen atoms in total. The van der Waals surface area contributed by atoms with Crippen molar-refractivity contribution >= 4 is 5.91 Å². The zero-order chi connectivity index (χ0) is 16.6. The molecule has 0 aliphatic carbocycles. The molecule has 2 aromatic rings. The number of benzene rings is 1. The minimum atomic E-state index is -0.357. The normalized spacial score (nSPS) is 18.7. The van der Waals surface area contributed by atoms with Crippen molar-refractivity contribution in [1.29, 1.82) is 0 Å². The Hall–Kier alpha value is -2.43. The summed E-state index contributed by atoms with van der Waals surface area (Å²) in [6.07, 6.45) is 2.48. The molecule has 1 aromatic heterocycles. The summed E-state index contributed by atoms with van der Waals surface area (Å²) in [6.45, 7) is 5.94. The van der Waals surface area contributed by atoms with Gasteiger partial charge < -0.3 is 19.8 Å². The van der Waals surface area contributed by atoms with Gasteiger partial charge in [-0.05, 0) is 39.0 Å². The van der Waals surface area contributed by atoms with Crippen molar-refractivity contribution < 1.29 is 14.3 Å². The molecule has 1 aliphatic rings. The molecule has 5 heteroatoms. The second-order valence-electron chi connectivity index (χ2n) is 6.51. The highest BCUT2D eigenvalue weighted by Crippen LogP contribution is 2.41. The van der Waals surface area contributed by atoms with E-state index in [1.807, 2.05) is 39.0 Å². The molecular weight excluding hydrogens is 292 g/mol. The van der Waals surface area contributed by atoms with E-state index < -0.39 is 0 Å². The van der Waals surface area contributed by atoms with Crippen LogP contribution in [0.3, 0.4) is 0 Å². The Balaban J connectivity index is 1.91. The first-order valence-corrected chi connectivity index (χ1v) is 7.71. The van der Waals surface area contributed by atoms with Gasteiger partial charge in [-0.15, -0.1) is 0 Å². The van der Waals surface area contributed by atoms with Crippen molar-refractivity contribution in [3.05, 3.63) is 47.3 Å². The zero-order valence-corrected chi connectivity index (χ0v) is 13.9. The van der Waals surface area contributed by atoms with Crippen LogP contribution in [0, 0.1) is 6.92 Å². The lowest BCUT2D eigenvalue weighted by Gasteiger charge is -2.38. The number of aromatic amines is 1. The average molecular weight is 314 g/mol. The maximum Gasteiger partial charge on any atom is 0.253 e. The molecule has 0 bridgehead atoms. The van der Waals surface area contributed by atoms with Crippen LogP contribution in [0.5, 0.6) is 11.5 Å². The largest absolute Gasteiger partial charge is 0.497 e. The van der Waals surface area contributed by atoms with Gasteiger partial charge in [0.1, 0.15) is 17.1 Å². The van der Waals surface area contributed by atoms with E-state index in [0.717, 1.165) is 22.8 Å². The molecule has 3 rings (SSSR count). The summed E-state index contributed by atoms with van der Waals surface area (Å²) in [5.41, 5.74) is 2.16. The molecule has 0 unspecified atom stereocenters. The molecule has 2 heterocycles. The van der Waals surface area contributed by atoms with E-state index in [0.29, 0.717) is 12.0 Å². The Kier molecular flexibility index (Phi) is 3.80. The number of ether oxygens (including phenoxy) is 2. The van der Waals surface area contributed by atoms with Crippen molar-refractivity contribution in [2.45, 2.75) is 38.8 Å². The molecular formula is C18H22N2O3. The van der Waals surface area contributed by atoms with E-state index in [-0.39, 0.29) is 17.6 Å². The summed E-state index contributed by atoms with van der Waals surface area (Å²) in [6, 6.07) is 7.42. The average Bonchev–Trinajstić information content (AvgIpc) is 2.91. The second-order valence-corrected chi connectivity index (χ2v) is 6.51. The van der Waals surface area contributed by atoms with Crippen LogP contribution in [-0.2, 0) is 0 Å². The van der Waals surface area contributed by atoms with Crippen molar-refractivity contribution in [2.75, 3.05) is 7.11 Å². The van der Waals surface area contributed by atoms with Gasteiger partial charge in [0.25, 0.3) is 5.91 Å². The quantitative estimate of drug-likeness (QED) is 0.913. The number of H-pyrrole nitrogens is 1. The summed E-state index contributed by atoms with van der Waals surface area (Å²) in [5, 5.41) is 3.13. The monoisotopic (exact) mass is 314 g/mol. The van der Waals surface area contributed by atoms with Crippen LogP contribution >= 0.6 is 0 Å². The number of amides is 1. The minimum Gasteiger partial charge on any atom is -0.497 e. The van der Waals surface area contributed by atoms with Crippen molar-refractivity contribution in [2.24, 2.45) is 0 Å². The van der Waals surface area contributed by atoms with Gasteiger partial charge in [0.05, 0.1) is 18.7 Å². The van der Waals surface area contributed by atoms with Crippen LogP contribution in [-0.4, -0.2) is 23.6 Å². The number of carbonyl (C=O) groups is 1. The van der Waals surface area contributed by atoms with E-state index in [1.165, 1.54) is 0 Å². The van der Waals surface area contributed by atoms with Gasteiger partial charge in [-0.25, -0.2) is 0 Å². The Morgan fingerprint density at radius 2 is 2.17 bits per heavy atom. The topological polar surface area (TPSA) is 63.4 Å². The number of fused-ring (bicyclic) bond motifs is 1. The molecule has 1 amide bonds. The van der Waals surface area contributed by atoms with Crippen molar-refractivity contribution in [3.63, 3.8) is 0 Å². The fourth-order valence-electron chi connectivity index (χ4n) is 3.02. The summed E-state index contributed by atoms with van der Waals surface area (Å²) < 4.78 is 11.3. The van der Waals surface area contributed by atoms with Gasteiger partial charge in [-0.3, -0.25) is 4.79 Å². The van der Waals surface area contributed by atoms with Gasteiger partial charge in [0.2, 0.25) is 0 Å². The zero-order valence-electron chi connectivity index (χ0n) is 13.9. The van der Waals surface area contributed by atoms with Gasteiger partial charge >= 0.3 is 0 Å². The first-order valence-electron chi connectivity index (χ1n) is 7.71. The number of hydrogen-bond acceptors (Lipinski definition) is 3. The van der Waals surface area contributed by atoms with Gasteiger partial charge in [-0.1, -0.05) is 0 Å². The molecule has 0 spiro atoms. The standard InChI is InChI=1S/C18H22N2O3/c1-11-13(7-8-19-11)17(21)20-15-10-18(2,3)23-16-9-12(22-4)5-6-14(15)16/h5-9,15,19H,10H2,1-4H3,(H,20,21)/t15-/m0/s1. The number of hydrogen-bond donors (Lipinski definition) is 2. The van der Waals surface area contributed by atoms with Crippen LogP contribution in [0.2, 0.25) is 0 Å². The third kappa shape index (κ3) is 3.04. The van der Waals surface area contributed by atoms with Crippen LogP contribution < -0.4 is 14.8 Å². The lowest BCUT2D eigenvalue weighted by Crippen LogP contribution is -2.41. The van der Waals surface area contributed by atoms with E-state index in [4.69, 9.17) is 9.47 Å². The van der Waals surface area contributed by atoms with E-state index in [2.05, 4.69) is 10.3 Å². The number of nitrogens with one attached hydrogen (secondary N) is 2. The van der Waals surface area contributed by atoms with Gasteiger partial charge in [0, 0.05) is 29.9 Å². The summed E-state index contributed by atoms with van der Waals surface area (Å²) in [5.74, 6) is 1.43. The predicted molar refractivity (Wildman–Crippen MR) is 88.1 cm³/mol. The Bertz CT molecular complexity index is 734. The van der Waals surface area contributed by atoms with E-state index >= 15 is 0 Å². The summed E-state index contributed by atoms with van der Waals surface area (Å²) in [4.78, 5) is 15.6. The molecule has 122 valence electrons. The molecule has 0 saturated carbocycles. The molecule has 1 aliphatic heterocycles. The number of carbonyl (C=O) groups excluding carboxylic acids is 1. The first kappa shape index (κ1) is 15.5. The van der Waals surface area contributed by atoms with E-state index in [1.54, 1.807) is 19.4 Å². The molecule has 2 N–H and O–H groups in total. The molecule has 1 atom stereocenters. The maximum atomic E-state index is 12.5. The Morgan fingerprint density at radius 1 is 1.39 bits per heavy atom. The van der Waals surface area contributed by atoms with Crippen molar-refractivity contribution in [3.8, 4) is 11.5 Å². The minimum absolute atomic E-state index is 0.0757. The van der Waals surface area contributed by atoms with Crippen molar-refractivity contribution in [1.82, 2.24) is 10.3 Å². The third-order valence-corrected chi connectivity index (χ3v) is 4.18. The van der Waals surface area contributed by atoms with Crippen LogP contribution in [0.15, 0.2) is 30.5 Å². The Morgan fingerprint density at radius 3 is 2.83 bits per heavy atom. The number of aryl methyl sites for hydroxylation is 1. The fraction of sp³-hybridized carbons (Fsp3) is 0.389. The Labute approximate surface area is 136 Å². The lowest BCUT2D eigenvalue weighted by atomic mass is 9.89. The highest BCUT2D eigenvalue weighted by Gasteiger charge is 2.35.